The van der Waals surface area contributed by atoms with E-state index in [1.165, 1.54) is 11.3 Å². The molecule has 0 saturated carbocycles. The topological polar surface area (TPSA) is 12.9 Å². The molecule has 1 heterocycles. The first kappa shape index (κ1) is 11.9. The molecule has 14 heavy (non-hydrogen) atoms. The number of hydrogen-bond donors (Lipinski definition) is 0. The van der Waals surface area contributed by atoms with E-state index in [-0.39, 0.29) is 11.2 Å². The minimum absolute atomic E-state index is 0.0569. The monoisotopic (exact) mass is 237 g/mol. The summed E-state index contributed by atoms with van der Waals surface area (Å²) < 4.78 is 24.6. The standard InChI is InChI=1S/C9H13F2NS2/c1-9(2,3)6-4-12-8(14-6)13-5-7(10)11/h4,7H,5H2,1-3H3. The van der Waals surface area contributed by atoms with Gasteiger partial charge >= 0.3 is 0 Å². The minimum Gasteiger partial charge on any atom is -0.238 e. The zero-order valence-corrected chi connectivity index (χ0v) is 10.0. The molecule has 1 aromatic rings. The second kappa shape index (κ2) is 4.57. The lowest BCUT2D eigenvalue weighted by molar-refractivity contribution is 0.177. The van der Waals surface area contributed by atoms with Crippen molar-refractivity contribution in [3.05, 3.63) is 11.1 Å². The number of hydrogen-bond acceptors (Lipinski definition) is 3. The summed E-state index contributed by atoms with van der Waals surface area (Å²) in [5.74, 6) is -0.170. The lowest BCUT2D eigenvalue weighted by Gasteiger charge is -2.14. The largest absolute Gasteiger partial charge is 0.248 e. The highest BCUT2D eigenvalue weighted by molar-refractivity contribution is 8.01. The fourth-order valence-electron chi connectivity index (χ4n) is 0.806. The molecule has 1 rings (SSSR count). The fourth-order valence-corrected chi connectivity index (χ4v) is 2.62. The molecular formula is C9H13F2NS2. The van der Waals surface area contributed by atoms with Crippen molar-refractivity contribution in [2.24, 2.45) is 0 Å². The molecule has 1 aromatic heterocycles. The van der Waals surface area contributed by atoms with Crippen molar-refractivity contribution in [3.63, 3.8) is 0 Å². The molecular weight excluding hydrogens is 224 g/mol. The highest BCUT2D eigenvalue weighted by Gasteiger charge is 2.17. The predicted molar refractivity (Wildman–Crippen MR) is 57.5 cm³/mol. The lowest BCUT2D eigenvalue weighted by Crippen LogP contribution is -2.07. The Labute approximate surface area is 90.9 Å². The molecule has 0 N–H and O–H groups in total. The van der Waals surface area contributed by atoms with E-state index in [9.17, 15) is 8.78 Å². The van der Waals surface area contributed by atoms with E-state index in [2.05, 4.69) is 25.8 Å². The Kier molecular flexibility index (Phi) is 3.89. The third-order valence-corrected chi connectivity index (χ3v) is 4.15. The average molecular weight is 237 g/mol. The number of halogens is 2. The summed E-state index contributed by atoms with van der Waals surface area (Å²) in [7, 11) is 0. The Morgan fingerprint density at radius 2 is 2.14 bits per heavy atom. The summed E-state index contributed by atoms with van der Waals surface area (Å²) in [5.41, 5.74) is 0.0569. The highest BCUT2D eigenvalue weighted by atomic mass is 32.2. The molecule has 0 atom stereocenters. The highest BCUT2D eigenvalue weighted by Crippen LogP contribution is 2.32. The maximum Gasteiger partial charge on any atom is 0.248 e. The second-order valence-corrected chi connectivity index (χ2v) is 6.24. The van der Waals surface area contributed by atoms with E-state index in [1.54, 1.807) is 6.20 Å². The normalized spacial score (nSPS) is 12.4. The van der Waals surface area contributed by atoms with E-state index in [0.29, 0.717) is 0 Å². The third kappa shape index (κ3) is 3.53. The van der Waals surface area contributed by atoms with Crippen molar-refractivity contribution < 1.29 is 8.78 Å². The van der Waals surface area contributed by atoms with Gasteiger partial charge in [0.2, 0.25) is 6.43 Å². The van der Waals surface area contributed by atoms with Gasteiger partial charge in [-0.25, -0.2) is 13.8 Å². The van der Waals surface area contributed by atoms with Crippen LogP contribution in [-0.2, 0) is 5.41 Å². The maximum absolute atomic E-state index is 11.9. The molecule has 0 spiro atoms. The Morgan fingerprint density at radius 1 is 1.50 bits per heavy atom. The van der Waals surface area contributed by atoms with Crippen LogP contribution in [0.3, 0.4) is 0 Å². The summed E-state index contributed by atoms with van der Waals surface area (Å²) in [5, 5.41) is 0. The molecule has 0 saturated heterocycles. The molecule has 0 unspecified atom stereocenters. The van der Waals surface area contributed by atoms with Crippen LogP contribution in [-0.4, -0.2) is 17.2 Å². The van der Waals surface area contributed by atoms with E-state index >= 15 is 0 Å². The Morgan fingerprint density at radius 3 is 2.57 bits per heavy atom. The number of alkyl halides is 2. The smallest absolute Gasteiger partial charge is 0.238 e. The van der Waals surface area contributed by atoms with Crippen LogP contribution in [0, 0.1) is 0 Å². The second-order valence-electron chi connectivity index (χ2n) is 3.94. The van der Waals surface area contributed by atoms with E-state index in [0.717, 1.165) is 21.0 Å². The maximum atomic E-state index is 11.9. The van der Waals surface area contributed by atoms with Crippen LogP contribution >= 0.6 is 23.1 Å². The zero-order chi connectivity index (χ0) is 10.8. The van der Waals surface area contributed by atoms with Gasteiger partial charge in [-0.15, -0.1) is 11.3 Å². The first-order chi connectivity index (χ1) is 6.39. The molecule has 0 bridgehead atoms. The lowest BCUT2D eigenvalue weighted by atomic mass is 9.96. The average Bonchev–Trinajstić information content (AvgIpc) is 2.47. The van der Waals surface area contributed by atoms with Crippen LogP contribution in [0.1, 0.15) is 25.6 Å². The summed E-state index contributed by atoms with van der Waals surface area (Å²) >= 11 is 2.62. The van der Waals surface area contributed by atoms with Gasteiger partial charge < -0.3 is 0 Å². The Balaban J connectivity index is 2.60. The van der Waals surface area contributed by atoms with Gasteiger partial charge in [0.05, 0.1) is 5.75 Å². The van der Waals surface area contributed by atoms with Crippen LogP contribution in [0.5, 0.6) is 0 Å². The van der Waals surface area contributed by atoms with E-state index in [4.69, 9.17) is 0 Å². The van der Waals surface area contributed by atoms with Crippen LogP contribution < -0.4 is 0 Å². The van der Waals surface area contributed by atoms with Crippen molar-refractivity contribution in [3.8, 4) is 0 Å². The van der Waals surface area contributed by atoms with Crippen LogP contribution in [0.15, 0.2) is 10.5 Å². The quantitative estimate of drug-likeness (QED) is 0.742. The number of aromatic nitrogens is 1. The first-order valence-electron chi connectivity index (χ1n) is 4.27. The molecule has 0 radical (unpaired) electrons. The van der Waals surface area contributed by atoms with Gasteiger partial charge in [-0.2, -0.15) is 0 Å². The number of rotatable bonds is 3. The minimum atomic E-state index is -2.26. The number of thioether (sulfide) groups is 1. The van der Waals surface area contributed by atoms with Crippen molar-refractivity contribution in [1.29, 1.82) is 0 Å². The van der Waals surface area contributed by atoms with Crippen molar-refractivity contribution in [1.82, 2.24) is 4.98 Å². The Bertz CT molecular complexity index is 291. The number of nitrogens with zero attached hydrogens (tertiary/aromatic N) is 1. The molecule has 0 amide bonds. The van der Waals surface area contributed by atoms with Gasteiger partial charge in [-0.3, -0.25) is 0 Å². The van der Waals surface area contributed by atoms with Gasteiger partial charge in [0, 0.05) is 11.1 Å². The van der Waals surface area contributed by atoms with Gasteiger partial charge in [0.1, 0.15) is 4.34 Å². The molecule has 5 heteroatoms. The fraction of sp³-hybridized carbons (Fsp3) is 0.667. The molecule has 0 aliphatic carbocycles. The molecule has 80 valence electrons. The van der Waals surface area contributed by atoms with Crippen molar-refractivity contribution >= 4 is 23.1 Å². The number of thiazole rings is 1. The van der Waals surface area contributed by atoms with Crippen LogP contribution in [0.25, 0.3) is 0 Å². The Hall–Kier alpha value is -0.160. The summed E-state index contributed by atoms with van der Waals surface area (Å²) in [4.78, 5) is 5.24. The first-order valence-corrected chi connectivity index (χ1v) is 6.07. The van der Waals surface area contributed by atoms with Crippen LogP contribution in [0.4, 0.5) is 8.78 Å². The summed E-state index contributed by atoms with van der Waals surface area (Å²) in [6.45, 7) is 6.26. The van der Waals surface area contributed by atoms with Gasteiger partial charge in [0.25, 0.3) is 0 Å². The SMILES string of the molecule is CC(C)(C)c1cnc(SCC(F)F)s1. The van der Waals surface area contributed by atoms with E-state index < -0.39 is 6.43 Å². The summed E-state index contributed by atoms with van der Waals surface area (Å²) in [6.07, 6.45) is -0.486. The molecule has 0 aromatic carbocycles. The molecule has 0 aliphatic heterocycles. The zero-order valence-electron chi connectivity index (χ0n) is 8.38. The summed E-state index contributed by atoms with van der Waals surface area (Å²) in [6, 6.07) is 0. The molecule has 0 aliphatic rings. The van der Waals surface area contributed by atoms with Crippen molar-refractivity contribution in [2.75, 3.05) is 5.75 Å². The van der Waals surface area contributed by atoms with Gasteiger partial charge in [0.15, 0.2) is 0 Å². The van der Waals surface area contributed by atoms with Crippen LogP contribution in [0.2, 0.25) is 0 Å². The van der Waals surface area contributed by atoms with E-state index in [1.807, 2.05) is 0 Å². The van der Waals surface area contributed by atoms with Gasteiger partial charge in [-0.05, 0) is 5.41 Å². The predicted octanol–water partition coefficient (Wildman–Crippen LogP) is 3.80. The third-order valence-electron chi connectivity index (χ3n) is 1.56. The van der Waals surface area contributed by atoms with Gasteiger partial charge in [-0.1, -0.05) is 32.5 Å². The van der Waals surface area contributed by atoms with Crippen molar-refractivity contribution in [2.45, 2.75) is 37.0 Å². The molecule has 0 fully saturated rings. The molecule has 1 nitrogen and oxygen atoms in total.